The molecule has 0 aliphatic carbocycles. The second kappa shape index (κ2) is 8.18. The summed E-state index contributed by atoms with van der Waals surface area (Å²) in [5.74, 6) is -0.467. The molecule has 1 aliphatic rings. The maximum atomic E-state index is 13.5. The smallest absolute Gasteiger partial charge is 0.290 e. The number of carbonyl (C=O) groups excluding carboxylic acids is 1. The van der Waals surface area contributed by atoms with Crippen LogP contribution in [0.3, 0.4) is 0 Å². The molecule has 4 aromatic rings. The summed E-state index contributed by atoms with van der Waals surface area (Å²) in [5, 5.41) is 12.0. The number of nitro benzene ring substituents is 1. The molecular weight excluding hydrogens is 444 g/mol. The number of rotatable bonds is 5. The SMILES string of the molecule is O=C1c2oc3ccc(Cl)cc3c(=O)c2[C@@H](c2cccc([N+](=O)[O-])c2)N1CCc1ccccc1. The average Bonchev–Trinajstić information content (AvgIpc) is 3.11. The van der Waals surface area contributed by atoms with Gasteiger partial charge in [0.1, 0.15) is 5.58 Å². The maximum absolute atomic E-state index is 13.5. The van der Waals surface area contributed by atoms with Crippen molar-refractivity contribution in [3.63, 3.8) is 0 Å². The van der Waals surface area contributed by atoms with Crippen LogP contribution in [0.5, 0.6) is 0 Å². The Morgan fingerprint density at radius 2 is 1.79 bits per heavy atom. The summed E-state index contributed by atoms with van der Waals surface area (Å²) in [5.41, 5.74) is 1.43. The first-order valence-electron chi connectivity index (χ1n) is 10.3. The average molecular weight is 461 g/mol. The van der Waals surface area contributed by atoms with E-state index < -0.39 is 16.9 Å². The first kappa shape index (κ1) is 20.9. The van der Waals surface area contributed by atoms with Gasteiger partial charge in [-0.25, -0.2) is 0 Å². The summed E-state index contributed by atoms with van der Waals surface area (Å²) < 4.78 is 5.88. The number of hydrogen-bond acceptors (Lipinski definition) is 5. The molecule has 1 atom stereocenters. The second-order valence-electron chi connectivity index (χ2n) is 7.80. The number of amides is 1. The predicted molar refractivity (Wildman–Crippen MR) is 124 cm³/mol. The van der Waals surface area contributed by atoms with Gasteiger partial charge in [0, 0.05) is 23.7 Å². The lowest BCUT2D eigenvalue weighted by Crippen LogP contribution is -2.31. The van der Waals surface area contributed by atoms with Crippen LogP contribution in [-0.2, 0) is 6.42 Å². The molecule has 0 unspecified atom stereocenters. The molecule has 1 amide bonds. The largest absolute Gasteiger partial charge is 0.450 e. The molecule has 33 heavy (non-hydrogen) atoms. The summed E-state index contributed by atoms with van der Waals surface area (Å²) in [6, 6.07) is 19.5. The number of hydrogen-bond donors (Lipinski definition) is 0. The van der Waals surface area contributed by atoms with Crippen molar-refractivity contribution in [2.45, 2.75) is 12.5 Å². The third-order valence-electron chi connectivity index (χ3n) is 5.81. The standard InChI is InChI=1S/C25H17ClN2O5/c26-17-9-10-20-19(14-17)23(29)21-22(16-7-4-8-18(13-16)28(31)32)27(25(30)24(21)33-20)12-11-15-5-2-1-3-6-15/h1-10,13-14,22H,11-12H2/t22-/m1/s1. The van der Waals surface area contributed by atoms with Gasteiger partial charge in [0.25, 0.3) is 11.6 Å². The van der Waals surface area contributed by atoms with Gasteiger partial charge < -0.3 is 9.32 Å². The topological polar surface area (TPSA) is 93.7 Å². The highest BCUT2D eigenvalue weighted by Gasteiger charge is 2.42. The van der Waals surface area contributed by atoms with Crippen molar-refractivity contribution in [3.8, 4) is 0 Å². The van der Waals surface area contributed by atoms with Crippen molar-refractivity contribution < 1.29 is 14.1 Å². The van der Waals surface area contributed by atoms with Crippen molar-refractivity contribution in [1.82, 2.24) is 4.90 Å². The molecule has 7 nitrogen and oxygen atoms in total. The molecule has 164 valence electrons. The zero-order chi connectivity index (χ0) is 23.1. The van der Waals surface area contributed by atoms with E-state index in [1.54, 1.807) is 29.2 Å². The quantitative estimate of drug-likeness (QED) is 0.303. The van der Waals surface area contributed by atoms with Crippen LogP contribution in [0.15, 0.2) is 82.0 Å². The molecule has 3 aromatic carbocycles. The predicted octanol–water partition coefficient (Wildman–Crippen LogP) is 5.14. The van der Waals surface area contributed by atoms with Crippen LogP contribution in [0.4, 0.5) is 5.69 Å². The van der Waals surface area contributed by atoms with E-state index in [2.05, 4.69) is 0 Å². The summed E-state index contributed by atoms with van der Waals surface area (Å²) >= 11 is 6.09. The van der Waals surface area contributed by atoms with E-state index in [-0.39, 0.29) is 33.4 Å². The number of non-ortho nitro benzene ring substituents is 1. The summed E-state index contributed by atoms with van der Waals surface area (Å²) in [7, 11) is 0. The summed E-state index contributed by atoms with van der Waals surface area (Å²) in [6.07, 6.45) is 0.547. The fourth-order valence-corrected chi connectivity index (χ4v) is 4.44. The fourth-order valence-electron chi connectivity index (χ4n) is 4.27. The molecule has 8 heteroatoms. The Morgan fingerprint density at radius 3 is 2.55 bits per heavy atom. The van der Waals surface area contributed by atoms with E-state index >= 15 is 0 Å². The Kier molecular flexibility index (Phi) is 5.18. The van der Waals surface area contributed by atoms with Gasteiger partial charge in [0.15, 0.2) is 5.43 Å². The molecule has 0 N–H and O–H groups in total. The van der Waals surface area contributed by atoms with Gasteiger partial charge >= 0.3 is 0 Å². The van der Waals surface area contributed by atoms with Crippen LogP contribution in [0.2, 0.25) is 5.02 Å². The zero-order valence-corrected chi connectivity index (χ0v) is 18.0. The Balaban J connectivity index is 1.68. The van der Waals surface area contributed by atoms with Crippen LogP contribution in [-0.4, -0.2) is 22.3 Å². The lowest BCUT2D eigenvalue weighted by molar-refractivity contribution is -0.384. The number of nitrogens with zero attached hydrogens (tertiary/aromatic N) is 2. The Labute approximate surface area is 193 Å². The van der Waals surface area contributed by atoms with E-state index in [0.29, 0.717) is 23.6 Å². The number of benzene rings is 3. The molecule has 0 spiro atoms. The minimum Gasteiger partial charge on any atom is -0.450 e. The minimum absolute atomic E-state index is 0.0422. The summed E-state index contributed by atoms with van der Waals surface area (Å²) in [4.78, 5) is 39.3. The van der Waals surface area contributed by atoms with E-state index in [4.69, 9.17) is 16.0 Å². The van der Waals surface area contributed by atoms with Gasteiger partial charge in [-0.05, 0) is 35.7 Å². The van der Waals surface area contributed by atoms with Gasteiger partial charge in [0.05, 0.1) is 21.9 Å². The summed E-state index contributed by atoms with van der Waals surface area (Å²) in [6.45, 7) is 0.303. The molecule has 1 aromatic heterocycles. The van der Waals surface area contributed by atoms with Crippen molar-refractivity contribution in [3.05, 3.63) is 121 Å². The third kappa shape index (κ3) is 3.66. The molecular formula is C25H17ClN2O5. The highest BCUT2D eigenvalue weighted by atomic mass is 35.5. The van der Waals surface area contributed by atoms with Crippen molar-refractivity contribution in [2.75, 3.05) is 6.54 Å². The van der Waals surface area contributed by atoms with Crippen LogP contribution in [0.25, 0.3) is 11.0 Å². The normalized spacial score (nSPS) is 15.1. The maximum Gasteiger partial charge on any atom is 0.290 e. The van der Waals surface area contributed by atoms with Crippen LogP contribution in [0.1, 0.15) is 33.3 Å². The molecule has 0 radical (unpaired) electrons. The van der Waals surface area contributed by atoms with Gasteiger partial charge in [0.2, 0.25) is 5.76 Å². The van der Waals surface area contributed by atoms with Crippen molar-refractivity contribution in [1.29, 1.82) is 0 Å². The lowest BCUT2D eigenvalue weighted by Gasteiger charge is -2.25. The number of carbonyl (C=O) groups is 1. The van der Waals surface area contributed by atoms with Crippen molar-refractivity contribution in [2.24, 2.45) is 0 Å². The highest BCUT2D eigenvalue weighted by molar-refractivity contribution is 6.31. The molecule has 0 fully saturated rings. The van der Waals surface area contributed by atoms with Crippen LogP contribution >= 0.6 is 11.6 Å². The number of fused-ring (bicyclic) bond motifs is 2. The molecule has 1 aliphatic heterocycles. The second-order valence-corrected chi connectivity index (χ2v) is 8.24. The van der Waals surface area contributed by atoms with Gasteiger partial charge in [-0.15, -0.1) is 0 Å². The molecule has 0 saturated heterocycles. The van der Waals surface area contributed by atoms with Gasteiger partial charge in [-0.3, -0.25) is 19.7 Å². The van der Waals surface area contributed by atoms with Crippen LogP contribution < -0.4 is 5.43 Å². The minimum atomic E-state index is -0.809. The fraction of sp³-hybridized carbons (Fsp3) is 0.120. The van der Waals surface area contributed by atoms with Gasteiger partial charge in [-0.1, -0.05) is 54.1 Å². The molecule has 2 heterocycles. The Hall–Kier alpha value is -3.97. The monoisotopic (exact) mass is 460 g/mol. The highest BCUT2D eigenvalue weighted by Crippen LogP contribution is 2.39. The third-order valence-corrected chi connectivity index (χ3v) is 6.04. The van der Waals surface area contributed by atoms with Crippen LogP contribution in [0, 0.1) is 10.1 Å². The zero-order valence-electron chi connectivity index (χ0n) is 17.2. The molecule has 5 rings (SSSR count). The Morgan fingerprint density at radius 1 is 1.00 bits per heavy atom. The van der Waals surface area contributed by atoms with Crippen molar-refractivity contribution >= 4 is 34.2 Å². The van der Waals surface area contributed by atoms with E-state index in [0.717, 1.165) is 5.56 Å². The number of nitro groups is 1. The Bertz CT molecular complexity index is 1470. The van der Waals surface area contributed by atoms with Gasteiger partial charge in [-0.2, -0.15) is 0 Å². The number of halogens is 1. The molecule has 0 bridgehead atoms. The van der Waals surface area contributed by atoms with E-state index in [1.165, 1.54) is 18.2 Å². The first-order valence-corrected chi connectivity index (χ1v) is 10.7. The van der Waals surface area contributed by atoms with E-state index in [1.807, 2.05) is 30.3 Å². The van der Waals surface area contributed by atoms with E-state index in [9.17, 15) is 19.7 Å². The lowest BCUT2D eigenvalue weighted by atomic mass is 9.98. The molecule has 0 saturated carbocycles. The first-order chi connectivity index (χ1) is 15.9.